The molecule has 0 unspecified atom stereocenters. The van der Waals surface area contributed by atoms with Crippen molar-refractivity contribution in [1.29, 1.82) is 0 Å². The molecule has 0 aliphatic carbocycles. The van der Waals surface area contributed by atoms with Crippen LogP contribution in [0.1, 0.15) is 5.82 Å². The number of rotatable bonds is 7. The van der Waals surface area contributed by atoms with Crippen LogP contribution < -0.4 is 10.9 Å². The van der Waals surface area contributed by atoms with Crippen molar-refractivity contribution >= 4 is 21.6 Å². The van der Waals surface area contributed by atoms with E-state index in [2.05, 4.69) is 36.3 Å². The third-order valence-corrected chi connectivity index (χ3v) is 3.49. The highest BCUT2D eigenvalue weighted by atomic mass is 79.9. The van der Waals surface area contributed by atoms with Crippen LogP contribution >= 0.6 is 15.9 Å². The van der Waals surface area contributed by atoms with Crippen molar-refractivity contribution in [2.75, 3.05) is 25.6 Å². The summed E-state index contributed by atoms with van der Waals surface area (Å²) in [5.41, 5.74) is 0.500. The first-order valence-corrected chi connectivity index (χ1v) is 6.98. The standard InChI is InChI=1S/C12H16BrN5O2/c1-20-7-6-18-12(19)11(13)9(8-17-18)14-3-2-10-15-4-5-16-10/h4-5,8,14H,2-3,6-7H2,1H3,(H,15,16). The topological polar surface area (TPSA) is 84.8 Å². The number of nitrogens with zero attached hydrogens (tertiary/aromatic N) is 3. The van der Waals surface area contributed by atoms with Gasteiger partial charge in [-0.15, -0.1) is 0 Å². The Kier molecular flexibility index (Phi) is 5.31. The summed E-state index contributed by atoms with van der Waals surface area (Å²) < 4.78 is 6.78. The molecule has 0 radical (unpaired) electrons. The van der Waals surface area contributed by atoms with E-state index in [1.807, 2.05) is 0 Å². The first kappa shape index (κ1) is 14.7. The van der Waals surface area contributed by atoms with Crippen LogP contribution in [0.2, 0.25) is 0 Å². The molecule has 0 spiro atoms. The number of hydrogen-bond acceptors (Lipinski definition) is 5. The Hall–Kier alpha value is -1.67. The highest BCUT2D eigenvalue weighted by Crippen LogP contribution is 2.15. The molecule has 0 bridgehead atoms. The minimum Gasteiger partial charge on any atom is -0.383 e. The van der Waals surface area contributed by atoms with Crippen molar-refractivity contribution in [1.82, 2.24) is 19.7 Å². The van der Waals surface area contributed by atoms with E-state index in [1.165, 1.54) is 4.68 Å². The average Bonchev–Trinajstić information content (AvgIpc) is 2.96. The van der Waals surface area contributed by atoms with Crippen molar-refractivity contribution in [3.05, 3.63) is 39.2 Å². The Bertz CT molecular complexity index is 596. The lowest BCUT2D eigenvalue weighted by Crippen LogP contribution is -2.26. The fourth-order valence-electron chi connectivity index (χ4n) is 1.68. The normalized spacial score (nSPS) is 10.7. The van der Waals surface area contributed by atoms with Gasteiger partial charge in [-0.2, -0.15) is 5.10 Å². The number of nitrogens with one attached hydrogen (secondary N) is 2. The third kappa shape index (κ3) is 3.67. The van der Waals surface area contributed by atoms with Gasteiger partial charge in [-0.05, 0) is 15.9 Å². The molecule has 0 amide bonds. The quantitative estimate of drug-likeness (QED) is 0.785. The first-order chi connectivity index (χ1) is 9.72. The number of imidazole rings is 1. The van der Waals surface area contributed by atoms with Gasteiger partial charge in [-0.1, -0.05) is 0 Å². The van der Waals surface area contributed by atoms with Crippen LogP contribution in [0.5, 0.6) is 0 Å². The number of halogens is 1. The van der Waals surface area contributed by atoms with Crippen LogP contribution in [0.3, 0.4) is 0 Å². The van der Waals surface area contributed by atoms with E-state index in [4.69, 9.17) is 4.74 Å². The molecule has 20 heavy (non-hydrogen) atoms. The van der Waals surface area contributed by atoms with E-state index in [9.17, 15) is 4.79 Å². The summed E-state index contributed by atoms with van der Waals surface area (Å²) in [5, 5.41) is 7.26. The van der Waals surface area contributed by atoms with E-state index < -0.39 is 0 Å². The fourth-order valence-corrected chi connectivity index (χ4v) is 2.12. The molecule has 108 valence electrons. The van der Waals surface area contributed by atoms with Gasteiger partial charge < -0.3 is 15.0 Å². The molecule has 0 atom stereocenters. The molecule has 2 rings (SSSR count). The average molecular weight is 342 g/mol. The van der Waals surface area contributed by atoms with Gasteiger partial charge in [-0.25, -0.2) is 9.67 Å². The zero-order valence-electron chi connectivity index (χ0n) is 11.1. The maximum atomic E-state index is 12.0. The number of aromatic nitrogens is 4. The first-order valence-electron chi connectivity index (χ1n) is 6.19. The minimum atomic E-state index is -0.176. The summed E-state index contributed by atoms with van der Waals surface area (Å²) in [6.07, 6.45) is 5.86. The Morgan fingerprint density at radius 3 is 3.10 bits per heavy atom. The predicted molar refractivity (Wildman–Crippen MR) is 78.9 cm³/mol. The second kappa shape index (κ2) is 7.20. The molecule has 0 fully saturated rings. The summed E-state index contributed by atoms with van der Waals surface area (Å²) in [6.45, 7) is 1.54. The summed E-state index contributed by atoms with van der Waals surface area (Å²) in [4.78, 5) is 19.2. The van der Waals surface area contributed by atoms with Gasteiger partial charge >= 0.3 is 0 Å². The molecule has 0 saturated carbocycles. The molecule has 0 aromatic carbocycles. The largest absolute Gasteiger partial charge is 0.383 e. The smallest absolute Gasteiger partial charge is 0.283 e. The Morgan fingerprint density at radius 1 is 1.55 bits per heavy atom. The predicted octanol–water partition coefficient (Wildman–Crippen LogP) is 1.03. The number of methoxy groups -OCH3 is 1. The van der Waals surface area contributed by atoms with Crippen molar-refractivity contribution in [2.24, 2.45) is 0 Å². The second-order valence-electron chi connectivity index (χ2n) is 4.11. The van der Waals surface area contributed by atoms with Gasteiger partial charge in [0.2, 0.25) is 0 Å². The van der Waals surface area contributed by atoms with Crippen molar-refractivity contribution in [3.8, 4) is 0 Å². The van der Waals surface area contributed by atoms with Gasteiger partial charge in [-0.3, -0.25) is 4.79 Å². The molecular formula is C12H16BrN5O2. The van der Waals surface area contributed by atoms with Gasteiger partial charge in [0.05, 0.1) is 25.0 Å². The maximum Gasteiger partial charge on any atom is 0.283 e. The summed E-state index contributed by atoms with van der Waals surface area (Å²) in [7, 11) is 1.59. The lowest BCUT2D eigenvalue weighted by molar-refractivity contribution is 0.181. The summed E-state index contributed by atoms with van der Waals surface area (Å²) >= 11 is 3.30. The monoisotopic (exact) mass is 341 g/mol. The zero-order valence-corrected chi connectivity index (χ0v) is 12.7. The van der Waals surface area contributed by atoms with Crippen LogP contribution in [0.4, 0.5) is 5.69 Å². The SMILES string of the molecule is COCCn1ncc(NCCc2ncc[nH]2)c(Br)c1=O. The summed E-state index contributed by atoms with van der Waals surface area (Å²) in [6, 6.07) is 0. The molecule has 0 aliphatic rings. The maximum absolute atomic E-state index is 12.0. The minimum absolute atomic E-state index is 0.176. The van der Waals surface area contributed by atoms with E-state index in [-0.39, 0.29) is 5.56 Å². The highest BCUT2D eigenvalue weighted by Gasteiger charge is 2.08. The number of ether oxygens (including phenoxy) is 1. The van der Waals surface area contributed by atoms with Gasteiger partial charge in [0, 0.05) is 32.5 Å². The van der Waals surface area contributed by atoms with Crippen molar-refractivity contribution < 1.29 is 4.74 Å². The molecular weight excluding hydrogens is 326 g/mol. The number of anilines is 1. The summed E-state index contributed by atoms with van der Waals surface area (Å²) in [5.74, 6) is 0.898. The van der Waals surface area contributed by atoms with E-state index in [0.29, 0.717) is 29.9 Å². The molecule has 0 aliphatic heterocycles. The number of H-pyrrole nitrogens is 1. The van der Waals surface area contributed by atoms with E-state index in [0.717, 1.165) is 12.2 Å². The Balaban J connectivity index is 1.98. The number of hydrogen-bond donors (Lipinski definition) is 2. The van der Waals surface area contributed by atoms with E-state index in [1.54, 1.807) is 25.7 Å². The Morgan fingerprint density at radius 2 is 2.40 bits per heavy atom. The van der Waals surface area contributed by atoms with Crippen LogP contribution in [0, 0.1) is 0 Å². The van der Waals surface area contributed by atoms with Crippen LogP contribution in [0.25, 0.3) is 0 Å². The van der Waals surface area contributed by atoms with Crippen molar-refractivity contribution in [2.45, 2.75) is 13.0 Å². The van der Waals surface area contributed by atoms with Gasteiger partial charge in [0.1, 0.15) is 10.3 Å². The molecule has 2 N–H and O–H groups in total. The van der Waals surface area contributed by atoms with Gasteiger partial charge in [0.15, 0.2) is 0 Å². The Labute approximate surface area is 124 Å². The van der Waals surface area contributed by atoms with Crippen LogP contribution in [-0.4, -0.2) is 40.0 Å². The molecule has 0 saturated heterocycles. The molecule has 7 nitrogen and oxygen atoms in total. The highest BCUT2D eigenvalue weighted by molar-refractivity contribution is 9.10. The van der Waals surface area contributed by atoms with Crippen LogP contribution in [0.15, 0.2) is 27.9 Å². The second-order valence-corrected chi connectivity index (χ2v) is 4.90. The molecule has 8 heteroatoms. The zero-order chi connectivity index (χ0) is 14.4. The lowest BCUT2D eigenvalue weighted by Gasteiger charge is -2.09. The third-order valence-electron chi connectivity index (χ3n) is 2.72. The van der Waals surface area contributed by atoms with Crippen molar-refractivity contribution in [3.63, 3.8) is 0 Å². The van der Waals surface area contributed by atoms with Gasteiger partial charge in [0.25, 0.3) is 5.56 Å². The molecule has 2 aromatic rings. The van der Waals surface area contributed by atoms with Crippen LogP contribution in [-0.2, 0) is 17.7 Å². The van der Waals surface area contributed by atoms with E-state index >= 15 is 0 Å². The molecule has 2 aromatic heterocycles. The molecule has 2 heterocycles. The number of aromatic amines is 1. The fraction of sp³-hybridized carbons (Fsp3) is 0.417. The lowest BCUT2D eigenvalue weighted by atomic mass is 10.4.